The number of rotatable bonds is 6. The van der Waals surface area contributed by atoms with Crippen LogP contribution in [0.15, 0.2) is 36.7 Å². The number of halogens is 1. The van der Waals surface area contributed by atoms with Gasteiger partial charge in [-0.05, 0) is 37.3 Å². The normalized spacial score (nSPS) is 21.0. The van der Waals surface area contributed by atoms with E-state index in [0.717, 1.165) is 60.1 Å². The number of nitrogens with zero attached hydrogens (tertiary/aromatic N) is 2. The maximum Gasteiger partial charge on any atom is 0.241 e. The number of carbonyl (C=O) groups excluding carboxylic acids is 2. The van der Waals surface area contributed by atoms with Crippen LogP contribution in [-0.2, 0) is 9.59 Å². The Kier molecular flexibility index (Phi) is 5.95. The van der Waals surface area contributed by atoms with Crippen molar-refractivity contribution in [3.63, 3.8) is 0 Å². The average Bonchev–Trinajstić information content (AvgIpc) is 3.46. The molecular weight excluding hydrogens is 440 g/mol. The third-order valence-corrected chi connectivity index (χ3v) is 7.05. The smallest absolute Gasteiger partial charge is 0.241 e. The topological polar surface area (TPSA) is 116 Å². The second-order valence-corrected chi connectivity index (χ2v) is 9.24. The van der Waals surface area contributed by atoms with E-state index in [1.54, 1.807) is 6.20 Å². The number of carbonyl (C=O) groups is 2. The monoisotopic (exact) mass is 466 g/mol. The lowest BCUT2D eigenvalue weighted by Crippen LogP contribution is -2.48. The van der Waals surface area contributed by atoms with E-state index in [-0.39, 0.29) is 17.7 Å². The molecule has 8 nitrogen and oxygen atoms in total. The first-order valence-corrected chi connectivity index (χ1v) is 11.7. The molecule has 5 N–H and O–H groups in total. The number of para-hydroxylation sites is 1. The minimum absolute atomic E-state index is 0.0148. The summed E-state index contributed by atoms with van der Waals surface area (Å²) in [4.78, 5) is 33.5. The summed E-state index contributed by atoms with van der Waals surface area (Å²) in [7, 11) is 0. The molecule has 1 saturated heterocycles. The molecule has 2 amide bonds. The number of H-pyrrole nitrogens is 1. The number of aromatic nitrogens is 2. The van der Waals surface area contributed by atoms with Gasteiger partial charge in [-0.25, -0.2) is 4.98 Å². The van der Waals surface area contributed by atoms with Crippen LogP contribution in [0, 0.1) is 11.8 Å². The highest BCUT2D eigenvalue weighted by Gasteiger charge is 2.28. The van der Waals surface area contributed by atoms with Gasteiger partial charge in [0.15, 0.2) is 0 Å². The van der Waals surface area contributed by atoms with Gasteiger partial charge < -0.3 is 26.3 Å². The number of hydrogen-bond acceptors (Lipinski definition) is 5. The van der Waals surface area contributed by atoms with E-state index in [9.17, 15) is 9.59 Å². The van der Waals surface area contributed by atoms with Crippen LogP contribution in [0.2, 0.25) is 5.02 Å². The Balaban J connectivity index is 1.35. The zero-order valence-corrected chi connectivity index (χ0v) is 19.0. The summed E-state index contributed by atoms with van der Waals surface area (Å²) in [5.74, 6) is 0.954. The molecule has 5 rings (SSSR count). The number of aromatic amines is 1. The minimum Gasteiger partial charge on any atom is -0.370 e. The summed E-state index contributed by atoms with van der Waals surface area (Å²) in [6.45, 7) is 2.49. The zero-order chi connectivity index (χ0) is 22.9. The van der Waals surface area contributed by atoms with Gasteiger partial charge in [0.1, 0.15) is 5.82 Å². The maximum absolute atomic E-state index is 12.4. The third kappa shape index (κ3) is 4.28. The van der Waals surface area contributed by atoms with Gasteiger partial charge in [0.05, 0.1) is 22.8 Å². The second-order valence-electron chi connectivity index (χ2n) is 8.83. The zero-order valence-electron chi connectivity index (χ0n) is 18.2. The van der Waals surface area contributed by atoms with Crippen molar-refractivity contribution >= 4 is 45.8 Å². The number of primary amides is 1. The highest BCUT2D eigenvalue weighted by Crippen LogP contribution is 2.38. The molecule has 1 aromatic carbocycles. The fraction of sp³-hybridized carbons (Fsp3) is 0.375. The number of fused-ring (bicyclic) bond motifs is 1. The van der Waals surface area contributed by atoms with E-state index in [1.165, 1.54) is 0 Å². The van der Waals surface area contributed by atoms with Crippen molar-refractivity contribution in [3.8, 4) is 11.1 Å². The molecule has 0 spiro atoms. The van der Waals surface area contributed by atoms with Crippen molar-refractivity contribution in [2.24, 2.45) is 17.6 Å². The van der Waals surface area contributed by atoms with Gasteiger partial charge in [0.25, 0.3) is 0 Å². The van der Waals surface area contributed by atoms with Gasteiger partial charge in [-0.1, -0.05) is 23.7 Å². The quantitative estimate of drug-likeness (QED) is 0.445. The summed E-state index contributed by atoms with van der Waals surface area (Å²) >= 11 is 6.67. The molecule has 3 aromatic rings. The second kappa shape index (κ2) is 9.03. The van der Waals surface area contributed by atoms with Crippen LogP contribution in [0.1, 0.15) is 19.3 Å². The van der Waals surface area contributed by atoms with Crippen molar-refractivity contribution in [3.05, 3.63) is 41.7 Å². The number of amides is 2. The van der Waals surface area contributed by atoms with Gasteiger partial charge in [-0.2, -0.15) is 0 Å². The molecule has 33 heavy (non-hydrogen) atoms. The van der Waals surface area contributed by atoms with Crippen molar-refractivity contribution in [1.82, 2.24) is 15.3 Å². The minimum atomic E-state index is -0.203. The number of anilines is 2. The van der Waals surface area contributed by atoms with E-state index in [1.807, 2.05) is 35.4 Å². The Morgan fingerprint density at radius 3 is 2.94 bits per heavy atom. The first-order valence-electron chi connectivity index (χ1n) is 11.3. The fourth-order valence-corrected chi connectivity index (χ4v) is 5.19. The molecule has 2 atom stereocenters. The van der Waals surface area contributed by atoms with Crippen LogP contribution >= 0.6 is 11.6 Å². The van der Waals surface area contributed by atoms with Crippen LogP contribution in [0.3, 0.4) is 0 Å². The molecule has 1 aliphatic heterocycles. The Morgan fingerprint density at radius 1 is 1.30 bits per heavy atom. The number of nitrogens with one attached hydrogen (secondary N) is 3. The molecule has 1 saturated carbocycles. The Hall–Kier alpha value is -3.10. The van der Waals surface area contributed by atoms with Gasteiger partial charge in [0.2, 0.25) is 11.8 Å². The number of pyridine rings is 1. The first-order chi connectivity index (χ1) is 16.0. The fourth-order valence-electron chi connectivity index (χ4n) is 4.94. The molecule has 2 unspecified atom stereocenters. The molecule has 2 aliphatic rings. The van der Waals surface area contributed by atoms with E-state index < -0.39 is 0 Å². The Morgan fingerprint density at radius 2 is 2.18 bits per heavy atom. The highest BCUT2D eigenvalue weighted by molar-refractivity contribution is 6.34. The molecule has 0 radical (unpaired) electrons. The molecular formula is C24H27ClN6O2. The number of nitrogens with two attached hydrogens (primary N) is 1. The SMILES string of the molecule is NC(=O)C1CCC(CNc2cc(Cl)c(-c3c[nH]c4c(N5CCNCC5=O)cccc34)cn2)C1. The standard InChI is InChI=1S/C24H27ClN6O2/c25-19-9-21(28-10-14-4-5-15(8-14)24(26)33)29-12-18(19)17-11-30-23-16(17)2-1-3-20(23)31-7-6-27-13-22(31)32/h1-3,9,11-12,14-15,27,30H,4-8,10,13H2,(H2,26,33)(H,28,29). The van der Waals surface area contributed by atoms with Crippen LogP contribution in [-0.4, -0.2) is 48.0 Å². The molecule has 2 aromatic heterocycles. The summed E-state index contributed by atoms with van der Waals surface area (Å²) < 4.78 is 0. The van der Waals surface area contributed by atoms with E-state index >= 15 is 0 Å². The van der Waals surface area contributed by atoms with Gasteiger partial charge in [-0.3, -0.25) is 9.59 Å². The highest BCUT2D eigenvalue weighted by atomic mass is 35.5. The van der Waals surface area contributed by atoms with Crippen molar-refractivity contribution < 1.29 is 9.59 Å². The van der Waals surface area contributed by atoms with Gasteiger partial charge in [-0.15, -0.1) is 0 Å². The Labute approximate surface area is 196 Å². The van der Waals surface area contributed by atoms with E-state index in [4.69, 9.17) is 17.3 Å². The molecule has 172 valence electrons. The predicted molar refractivity (Wildman–Crippen MR) is 130 cm³/mol. The summed E-state index contributed by atoms with van der Waals surface area (Å²) in [6, 6.07) is 7.78. The molecule has 0 bridgehead atoms. The lowest BCUT2D eigenvalue weighted by molar-refractivity contribution is -0.121. The van der Waals surface area contributed by atoms with Crippen LogP contribution in [0.4, 0.5) is 11.5 Å². The van der Waals surface area contributed by atoms with Crippen LogP contribution in [0.5, 0.6) is 0 Å². The van der Waals surface area contributed by atoms with E-state index in [2.05, 4.69) is 20.6 Å². The average molecular weight is 467 g/mol. The summed E-state index contributed by atoms with van der Waals surface area (Å²) in [6.07, 6.45) is 6.36. The van der Waals surface area contributed by atoms with Crippen molar-refractivity contribution in [2.75, 3.05) is 36.4 Å². The van der Waals surface area contributed by atoms with Crippen molar-refractivity contribution in [2.45, 2.75) is 19.3 Å². The van der Waals surface area contributed by atoms with Crippen LogP contribution in [0.25, 0.3) is 22.0 Å². The lowest BCUT2D eigenvalue weighted by atomic mass is 10.0. The molecule has 2 fully saturated rings. The van der Waals surface area contributed by atoms with Crippen molar-refractivity contribution in [1.29, 1.82) is 0 Å². The first kappa shape index (κ1) is 21.7. The molecule has 3 heterocycles. The van der Waals surface area contributed by atoms with Crippen LogP contribution < -0.4 is 21.3 Å². The lowest BCUT2D eigenvalue weighted by Gasteiger charge is -2.27. The summed E-state index contributed by atoms with van der Waals surface area (Å²) in [5.41, 5.74) is 8.99. The van der Waals surface area contributed by atoms with Gasteiger partial charge in [0, 0.05) is 54.5 Å². The van der Waals surface area contributed by atoms with E-state index in [0.29, 0.717) is 29.8 Å². The predicted octanol–water partition coefficient (Wildman–Crippen LogP) is 3.13. The largest absolute Gasteiger partial charge is 0.370 e. The number of benzene rings is 1. The van der Waals surface area contributed by atoms with Gasteiger partial charge >= 0.3 is 0 Å². The molecule has 1 aliphatic carbocycles. The number of hydrogen-bond donors (Lipinski definition) is 4. The summed E-state index contributed by atoms with van der Waals surface area (Å²) in [5, 5.41) is 8.04. The Bertz CT molecular complexity index is 1210. The third-order valence-electron chi connectivity index (χ3n) is 6.73. The molecule has 9 heteroatoms. The number of piperazine rings is 1. The maximum atomic E-state index is 12.4.